The molecule has 0 spiro atoms. The van der Waals surface area contributed by atoms with Crippen LogP contribution in [0, 0.1) is 0 Å². The number of aromatic nitrogens is 2. The molecule has 0 unspecified atom stereocenters. The number of nitrogens with two attached hydrogens (primary N) is 1. The molecule has 16 heavy (non-hydrogen) atoms. The lowest BCUT2D eigenvalue weighted by atomic mass is 10.2. The summed E-state index contributed by atoms with van der Waals surface area (Å²) >= 11 is 3.02. The number of hydrogen-bond donors (Lipinski definition) is 1. The molecule has 0 saturated carbocycles. The van der Waals surface area contributed by atoms with Crippen molar-refractivity contribution in [2.24, 2.45) is 0 Å². The summed E-state index contributed by atoms with van der Waals surface area (Å²) in [5, 5.41) is 0. The Kier molecular flexibility index (Phi) is 3.63. The van der Waals surface area contributed by atoms with Gasteiger partial charge in [0, 0.05) is 17.0 Å². The molecule has 0 aliphatic heterocycles. The van der Waals surface area contributed by atoms with Crippen LogP contribution in [0.4, 0.5) is 5.69 Å². The molecule has 0 saturated heterocycles. The predicted molar refractivity (Wildman–Crippen MR) is 66.9 cm³/mol. The maximum absolute atomic E-state index is 5.74. The van der Waals surface area contributed by atoms with Crippen molar-refractivity contribution in [3.63, 3.8) is 0 Å². The molecular formula is C10H11N3OS2. The zero-order valence-corrected chi connectivity index (χ0v) is 10.3. The summed E-state index contributed by atoms with van der Waals surface area (Å²) in [6, 6.07) is 5.64. The lowest BCUT2D eigenvalue weighted by Crippen LogP contribution is -1.93. The van der Waals surface area contributed by atoms with Crippen molar-refractivity contribution in [2.75, 3.05) is 12.8 Å². The first kappa shape index (κ1) is 11.2. The van der Waals surface area contributed by atoms with Gasteiger partial charge in [-0.05, 0) is 29.7 Å². The quantitative estimate of drug-likeness (QED) is 0.669. The van der Waals surface area contributed by atoms with Gasteiger partial charge >= 0.3 is 0 Å². The number of nitrogen functional groups attached to an aromatic ring is 1. The van der Waals surface area contributed by atoms with Crippen LogP contribution < -0.4 is 10.5 Å². The zero-order valence-electron chi connectivity index (χ0n) is 8.71. The van der Waals surface area contributed by atoms with Crippen LogP contribution >= 0.6 is 23.3 Å². The normalized spacial score (nSPS) is 10.3. The predicted octanol–water partition coefficient (Wildman–Crippen LogP) is 2.42. The summed E-state index contributed by atoms with van der Waals surface area (Å²) in [5.74, 6) is 1.63. The summed E-state index contributed by atoms with van der Waals surface area (Å²) < 4.78 is 10.2. The van der Waals surface area contributed by atoms with Gasteiger partial charge in [0.1, 0.15) is 12.1 Å². The molecule has 2 N–H and O–H groups in total. The summed E-state index contributed by atoms with van der Waals surface area (Å²) in [4.78, 5) is 4.11. The molecule has 0 aliphatic carbocycles. The van der Waals surface area contributed by atoms with Crippen molar-refractivity contribution in [3.8, 4) is 5.75 Å². The molecular weight excluding hydrogens is 242 g/mol. The molecule has 1 heterocycles. The van der Waals surface area contributed by atoms with Crippen LogP contribution in [-0.2, 0) is 5.75 Å². The van der Waals surface area contributed by atoms with Gasteiger partial charge in [-0.1, -0.05) is 11.8 Å². The number of hydrogen-bond acceptors (Lipinski definition) is 6. The highest BCUT2D eigenvalue weighted by atomic mass is 32.2. The van der Waals surface area contributed by atoms with E-state index in [1.165, 1.54) is 11.5 Å². The third-order valence-electron chi connectivity index (χ3n) is 2.00. The van der Waals surface area contributed by atoms with Crippen LogP contribution in [-0.4, -0.2) is 16.5 Å². The summed E-state index contributed by atoms with van der Waals surface area (Å²) in [6.45, 7) is 0. The number of thioether (sulfide) groups is 1. The number of rotatable bonds is 4. The van der Waals surface area contributed by atoms with E-state index in [0.29, 0.717) is 0 Å². The van der Waals surface area contributed by atoms with E-state index in [9.17, 15) is 0 Å². The summed E-state index contributed by atoms with van der Waals surface area (Å²) in [6.07, 6.45) is 1.56. The summed E-state index contributed by atoms with van der Waals surface area (Å²) in [5.41, 5.74) is 7.56. The Morgan fingerprint density at radius 2 is 2.38 bits per heavy atom. The molecule has 0 fully saturated rings. The van der Waals surface area contributed by atoms with Crippen LogP contribution in [0.15, 0.2) is 28.9 Å². The van der Waals surface area contributed by atoms with E-state index >= 15 is 0 Å². The first-order valence-electron chi connectivity index (χ1n) is 4.61. The maximum atomic E-state index is 5.74. The third kappa shape index (κ3) is 2.65. The van der Waals surface area contributed by atoms with Gasteiger partial charge in [-0.25, -0.2) is 4.98 Å². The van der Waals surface area contributed by atoms with Crippen molar-refractivity contribution in [3.05, 3.63) is 30.1 Å². The van der Waals surface area contributed by atoms with Gasteiger partial charge in [0.2, 0.25) is 0 Å². The molecule has 0 aliphatic rings. The van der Waals surface area contributed by atoms with E-state index in [0.717, 1.165) is 27.1 Å². The Bertz CT molecular complexity index is 459. The van der Waals surface area contributed by atoms with Crippen molar-refractivity contribution in [2.45, 2.75) is 10.1 Å². The Hall–Kier alpha value is -1.27. The number of ether oxygens (including phenoxy) is 1. The minimum Gasteiger partial charge on any atom is -0.496 e. The lowest BCUT2D eigenvalue weighted by Gasteiger charge is -2.07. The number of benzene rings is 1. The van der Waals surface area contributed by atoms with Gasteiger partial charge in [-0.3, -0.25) is 0 Å². The Morgan fingerprint density at radius 1 is 1.50 bits per heavy atom. The molecule has 1 aromatic heterocycles. The standard InChI is InChI=1S/C10H11N3OS2/c1-14-9-3-2-8(11)4-7(9)5-15-10-12-6-13-16-10/h2-4,6H,5,11H2,1H3. The zero-order chi connectivity index (χ0) is 11.4. The fraction of sp³-hybridized carbons (Fsp3) is 0.200. The van der Waals surface area contributed by atoms with Crippen molar-refractivity contribution < 1.29 is 4.74 Å². The van der Waals surface area contributed by atoms with Crippen LogP contribution in [0.3, 0.4) is 0 Å². The molecule has 0 radical (unpaired) electrons. The molecule has 0 amide bonds. The molecule has 0 bridgehead atoms. The monoisotopic (exact) mass is 253 g/mol. The van der Waals surface area contributed by atoms with Gasteiger partial charge in [0.15, 0.2) is 4.34 Å². The van der Waals surface area contributed by atoms with Gasteiger partial charge in [0.25, 0.3) is 0 Å². The van der Waals surface area contributed by atoms with Crippen molar-refractivity contribution in [1.82, 2.24) is 9.36 Å². The van der Waals surface area contributed by atoms with Gasteiger partial charge in [-0.15, -0.1) is 0 Å². The smallest absolute Gasteiger partial charge is 0.170 e. The number of nitrogens with zero attached hydrogens (tertiary/aromatic N) is 2. The largest absolute Gasteiger partial charge is 0.496 e. The van der Waals surface area contributed by atoms with Crippen LogP contribution in [0.1, 0.15) is 5.56 Å². The Morgan fingerprint density at radius 3 is 3.06 bits per heavy atom. The average Bonchev–Trinajstić information content (AvgIpc) is 2.79. The Balaban J connectivity index is 2.11. The van der Waals surface area contributed by atoms with Crippen LogP contribution in [0.5, 0.6) is 5.75 Å². The van der Waals surface area contributed by atoms with E-state index < -0.39 is 0 Å². The van der Waals surface area contributed by atoms with Gasteiger partial charge in [-0.2, -0.15) is 4.37 Å². The van der Waals surface area contributed by atoms with Crippen LogP contribution in [0.25, 0.3) is 0 Å². The summed E-state index contributed by atoms with van der Waals surface area (Å²) in [7, 11) is 1.66. The van der Waals surface area contributed by atoms with Gasteiger partial charge in [0.05, 0.1) is 7.11 Å². The van der Waals surface area contributed by atoms with E-state index in [2.05, 4.69) is 9.36 Å². The second-order valence-corrected chi connectivity index (χ2v) is 5.07. The minimum absolute atomic E-state index is 0.744. The van der Waals surface area contributed by atoms with Gasteiger partial charge < -0.3 is 10.5 Å². The molecule has 2 rings (SSSR count). The second kappa shape index (κ2) is 5.18. The molecule has 1 aromatic carbocycles. The molecule has 84 valence electrons. The highest BCUT2D eigenvalue weighted by molar-refractivity contribution is 8.00. The average molecular weight is 253 g/mol. The van der Waals surface area contributed by atoms with Crippen LogP contribution in [0.2, 0.25) is 0 Å². The fourth-order valence-corrected chi connectivity index (χ4v) is 2.70. The van der Waals surface area contributed by atoms with Crippen molar-refractivity contribution >= 4 is 29.0 Å². The topological polar surface area (TPSA) is 61.0 Å². The molecule has 6 heteroatoms. The van der Waals surface area contributed by atoms with E-state index in [-0.39, 0.29) is 0 Å². The number of methoxy groups -OCH3 is 1. The second-order valence-electron chi connectivity index (χ2n) is 3.07. The maximum Gasteiger partial charge on any atom is 0.170 e. The van der Waals surface area contributed by atoms with Crippen molar-refractivity contribution in [1.29, 1.82) is 0 Å². The van der Waals surface area contributed by atoms with E-state index in [1.807, 2.05) is 18.2 Å². The third-order valence-corrected chi connectivity index (χ3v) is 3.84. The van der Waals surface area contributed by atoms with E-state index in [4.69, 9.17) is 10.5 Å². The van der Waals surface area contributed by atoms with E-state index in [1.54, 1.807) is 25.2 Å². The lowest BCUT2D eigenvalue weighted by molar-refractivity contribution is 0.411. The SMILES string of the molecule is COc1ccc(N)cc1CSc1ncns1. The first-order valence-corrected chi connectivity index (χ1v) is 6.37. The first-order chi connectivity index (χ1) is 7.79. The molecule has 2 aromatic rings. The highest BCUT2D eigenvalue weighted by Gasteiger charge is 2.05. The molecule has 0 atom stereocenters. The molecule has 4 nitrogen and oxygen atoms in total. The fourth-order valence-electron chi connectivity index (χ4n) is 1.28. The minimum atomic E-state index is 0.744. The highest BCUT2D eigenvalue weighted by Crippen LogP contribution is 2.29. The Labute approximate surface area is 102 Å². The number of anilines is 1.